The molecule has 0 radical (unpaired) electrons. The summed E-state index contributed by atoms with van der Waals surface area (Å²) >= 11 is 0. The van der Waals surface area contributed by atoms with E-state index in [4.69, 9.17) is 11.5 Å². The number of hydrogen-bond acceptors (Lipinski definition) is 4. The molecular formula is C10H15N3O. The van der Waals surface area contributed by atoms with Gasteiger partial charge in [0, 0.05) is 11.6 Å². The van der Waals surface area contributed by atoms with Crippen molar-refractivity contribution in [2.75, 3.05) is 11.5 Å². The Hall–Kier alpha value is -1.58. The maximum atomic E-state index is 11.8. The number of carbonyl (C=O) groups excluding carboxylic acids is 1. The minimum absolute atomic E-state index is 0.0951. The van der Waals surface area contributed by atoms with Crippen molar-refractivity contribution in [1.29, 1.82) is 0 Å². The summed E-state index contributed by atoms with van der Waals surface area (Å²) in [6.45, 7) is 5.46. The van der Waals surface area contributed by atoms with E-state index >= 15 is 0 Å². The van der Waals surface area contributed by atoms with Crippen LogP contribution in [-0.2, 0) is 0 Å². The number of anilines is 2. The van der Waals surface area contributed by atoms with Gasteiger partial charge in [-0.15, -0.1) is 0 Å². The van der Waals surface area contributed by atoms with Crippen LogP contribution in [0.1, 0.15) is 31.3 Å². The summed E-state index contributed by atoms with van der Waals surface area (Å²) in [5.41, 5.74) is 11.7. The highest BCUT2D eigenvalue weighted by Gasteiger charge is 2.26. The molecule has 0 unspecified atom stereocenters. The van der Waals surface area contributed by atoms with Crippen LogP contribution in [0, 0.1) is 5.41 Å². The summed E-state index contributed by atoms with van der Waals surface area (Å²) in [5, 5.41) is 0. The van der Waals surface area contributed by atoms with E-state index in [1.807, 2.05) is 20.8 Å². The fraction of sp³-hybridized carbons (Fsp3) is 0.400. The molecule has 1 aromatic rings. The van der Waals surface area contributed by atoms with Gasteiger partial charge >= 0.3 is 0 Å². The highest BCUT2D eigenvalue weighted by Crippen LogP contribution is 2.25. The fourth-order valence-electron chi connectivity index (χ4n) is 1.02. The molecule has 0 bridgehead atoms. The standard InChI is InChI=1S/C10H15N3O/c1-10(2,3)9(14)8-7(12)6(11)4-5-13-8/h4-5H,12H2,1-3H3,(H2,11,13). The van der Waals surface area contributed by atoms with Gasteiger partial charge in [0.25, 0.3) is 0 Å². The van der Waals surface area contributed by atoms with Gasteiger partial charge in [-0.1, -0.05) is 20.8 Å². The lowest BCUT2D eigenvalue weighted by atomic mass is 9.88. The Morgan fingerprint density at radius 1 is 1.36 bits per heavy atom. The Bertz CT molecular complexity index is 366. The normalized spacial score (nSPS) is 11.4. The van der Waals surface area contributed by atoms with Crippen LogP contribution in [0.2, 0.25) is 0 Å². The Kier molecular flexibility index (Phi) is 2.47. The second-order valence-electron chi connectivity index (χ2n) is 4.24. The summed E-state index contributed by atoms with van der Waals surface area (Å²) < 4.78 is 0. The molecule has 0 fully saturated rings. The molecule has 76 valence electrons. The molecule has 0 amide bonds. The molecule has 4 heteroatoms. The molecule has 0 saturated carbocycles. The number of Topliss-reactive ketones (excluding diaryl/α,β-unsaturated/α-hetero) is 1. The number of nitrogen functional groups attached to an aromatic ring is 2. The number of hydrogen-bond donors (Lipinski definition) is 2. The first-order valence-corrected chi connectivity index (χ1v) is 4.39. The van der Waals surface area contributed by atoms with Crippen LogP contribution in [-0.4, -0.2) is 10.8 Å². The van der Waals surface area contributed by atoms with Gasteiger partial charge in [0.2, 0.25) is 0 Å². The topological polar surface area (TPSA) is 82.0 Å². The van der Waals surface area contributed by atoms with E-state index in [0.717, 1.165) is 0 Å². The molecule has 1 heterocycles. The lowest BCUT2D eigenvalue weighted by molar-refractivity contribution is 0.0854. The third kappa shape index (κ3) is 1.84. The predicted octanol–water partition coefficient (Wildman–Crippen LogP) is 1.47. The van der Waals surface area contributed by atoms with Crippen molar-refractivity contribution < 1.29 is 4.79 Å². The van der Waals surface area contributed by atoms with Gasteiger partial charge < -0.3 is 11.5 Å². The monoisotopic (exact) mass is 193 g/mol. The maximum absolute atomic E-state index is 11.8. The van der Waals surface area contributed by atoms with Crippen LogP contribution in [0.4, 0.5) is 11.4 Å². The number of ketones is 1. The smallest absolute Gasteiger partial charge is 0.188 e. The van der Waals surface area contributed by atoms with E-state index < -0.39 is 5.41 Å². The van der Waals surface area contributed by atoms with Crippen LogP contribution in [0.15, 0.2) is 12.3 Å². The van der Waals surface area contributed by atoms with Gasteiger partial charge in [0.15, 0.2) is 5.78 Å². The van der Waals surface area contributed by atoms with E-state index in [2.05, 4.69) is 4.98 Å². The summed E-state index contributed by atoms with van der Waals surface area (Å²) in [6.07, 6.45) is 1.49. The molecule has 0 spiro atoms. The van der Waals surface area contributed by atoms with E-state index in [1.165, 1.54) is 6.20 Å². The van der Waals surface area contributed by atoms with Crippen molar-refractivity contribution in [3.63, 3.8) is 0 Å². The second-order valence-corrected chi connectivity index (χ2v) is 4.24. The lowest BCUT2D eigenvalue weighted by Crippen LogP contribution is -2.23. The van der Waals surface area contributed by atoms with Gasteiger partial charge in [0.05, 0.1) is 11.4 Å². The number of aromatic nitrogens is 1. The minimum atomic E-state index is -0.491. The molecule has 0 saturated heterocycles. The molecule has 0 aliphatic carbocycles. The van der Waals surface area contributed by atoms with Gasteiger partial charge in [0.1, 0.15) is 5.69 Å². The number of pyridine rings is 1. The van der Waals surface area contributed by atoms with E-state index in [1.54, 1.807) is 6.07 Å². The maximum Gasteiger partial charge on any atom is 0.188 e. The highest BCUT2D eigenvalue weighted by molar-refractivity contribution is 6.03. The Morgan fingerprint density at radius 2 is 1.93 bits per heavy atom. The van der Waals surface area contributed by atoms with E-state index in [9.17, 15) is 4.79 Å². The van der Waals surface area contributed by atoms with Gasteiger partial charge in [-0.2, -0.15) is 0 Å². The molecular weight excluding hydrogens is 178 g/mol. The van der Waals surface area contributed by atoms with Crippen LogP contribution >= 0.6 is 0 Å². The van der Waals surface area contributed by atoms with Crippen LogP contribution in [0.5, 0.6) is 0 Å². The fourth-order valence-corrected chi connectivity index (χ4v) is 1.02. The predicted molar refractivity (Wildman–Crippen MR) is 56.8 cm³/mol. The molecule has 0 aliphatic heterocycles. The average Bonchev–Trinajstić information content (AvgIpc) is 2.07. The number of rotatable bonds is 1. The molecule has 0 aliphatic rings. The van der Waals surface area contributed by atoms with Crippen molar-refractivity contribution in [2.24, 2.45) is 5.41 Å². The molecule has 0 atom stereocenters. The zero-order valence-electron chi connectivity index (χ0n) is 8.66. The highest BCUT2D eigenvalue weighted by atomic mass is 16.1. The summed E-state index contributed by atoms with van der Waals surface area (Å²) in [4.78, 5) is 15.8. The van der Waals surface area contributed by atoms with Crippen LogP contribution < -0.4 is 11.5 Å². The number of nitrogens with zero attached hydrogens (tertiary/aromatic N) is 1. The van der Waals surface area contributed by atoms with Crippen LogP contribution in [0.3, 0.4) is 0 Å². The Morgan fingerprint density at radius 3 is 2.43 bits per heavy atom. The first-order valence-electron chi connectivity index (χ1n) is 4.39. The number of carbonyl (C=O) groups is 1. The molecule has 1 rings (SSSR count). The van der Waals surface area contributed by atoms with Crippen molar-refractivity contribution in [3.05, 3.63) is 18.0 Å². The van der Waals surface area contributed by atoms with Crippen molar-refractivity contribution in [1.82, 2.24) is 4.98 Å². The van der Waals surface area contributed by atoms with Crippen molar-refractivity contribution in [3.8, 4) is 0 Å². The first-order chi connectivity index (χ1) is 6.34. The molecule has 14 heavy (non-hydrogen) atoms. The zero-order chi connectivity index (χ0) is 10.9. The summed E-state index contributed by atoms with van der Waals surface area (Å²) in [5.74, 6) is -0.0951. The van der Waals surface area contributed by atoms with Crippen LogP contribution in [0.25, 0.3) is 0 Å². The van der Waals surface area contributed by atoms with Gasteiger partial charge in [-0.3, -0.25) is 9.78 Å². The SMILES string of the molecule is CC(C)(C)C(=O)c1nccc(N)c1N. The lowest BCUT2D eigenvalue weighted by Gasteiger charge is -2.17. The van der Waals surface area contributed by atoms with E-state index in [-0.39, 0.29) is 17.2 Å². The molecule has 0 aromatic carbocycles. The third-order valence-corrected chi connectivity index (χ3v) is 1.92. The number of nitrogens with two attached hydrogens (primary N) is 2. The molecule has 4 nitrogen and oxygen atoms in total. The quantitative estimate of drug-likeness (QED) is 0.662. The zero-order valence-corrected chi connectivity index (χ0v) is 8.66. The van der Waals surface area contributed by atoms with Gasteiger partial charge in [-0.25, -0.2) is 0 Å². The minimum Gasteiger partial charge on any atom is -0.397 e. The Balaban J connectivity index is 3.21. The Labute approximate surface area is 83.3 Å². The first kappa shape index (κ1) is 10.5. The second kappa shape index (κ2) is 3.29. The summed E-state index contributed by atoms with van der Waals surface area (Å²) in [6, 6.07) is 1.58. The largest absolute Gasteiger partial charge is 0.397 e. The third-order valence-electron chi connectivity index (χ3n) is 1.92. The molecule has 4 N–H and O–H groups in total. The average molecular weight is 193 g/mol. The van der Waals surface area contributed by atoms with Crippen molar-refractivity contribution in [2.45, 2.75) is 20.8 Å². The van der Waals surface area contributed by atoms with Crippen molar-refractivity contribution >= 4 is 17.2 Å². The molecule has 1 aromatic heterocycles. The summed E-state index contributed by atoms with van der Waals surface area (Å²) in [7, 11) is 0. The van der Waals surface area contributed by atoms with Gasteiger partial charge in [-0.05, 0) is 6.07 Å². The van der Waals surface area contributed by atoms with E-state index in [0.29, 0.717) is 5.69 Å².